The molecule has 0 aliphatic carbocycles. The van der Waals surface area contributed by atoms with E-state index >= 15 is 0 Å². The maximum Gasteiger partial charge on any atom is 0.340 e. The van der Waals surface area contributed by atoms with E-state index in [0.29, 0.717) is 11.3 Å². The summed E-state index contributed by atoms with van der Waals surface area (Å²) in [6.07, 6.45) is 13.3. The van der Waals surface area contributed by atoms with Crippen LogP contribution in [0.3, 0.4) is 0 Å². The molecular weight excluding hydrogens is 590 g/mol. The quantitative estimate of drug-likeness (QED) is 0.0648. The topological polar surface area (TPSA) is 151 Å². The van der Waals surface area contributed by atoms with Crippen molar-refractivity contribution in [2.24, 2.45) is 0 Å². The predicted octanol–water partition coefficient (Wildman–Crippen LogP) is 7.95. The molecule has 9 nitrogen and oxygen atoms in total. The Labute approximate surface area is 256 Å². The first-order chi connectivity index (χ1) is 19.8. The van der Waals surface area contributed by atoms with Gasteiger partial charge in [0.25, 0.3) is 0 Å². The van der Waals surface area contributed by atoms with E-state index < -0.39 is 39.4 Å². The number of rotatable bonds is 15. The molecule has 1 aromatic carbocycles. The van der Waals surface area contributed by atoms with Crippen molar-refractivity contribution >= 4 is 21.2 Å². The summed E-state index contributed by atoms with van der Waals surface area (Å²) in [5.41, 5.74) is 6.28. The Hall–Kier alpha value is -1.99. The van der Waals surface area contributed by atoms with Crippen molar-refractivity contribution in [1.82, 2.24) is 0 Å². The van der Waals surface area contributed by atoms with Crippen LogP contribution in [0.2, 0.25) is 0 Å². The molecule has 0 radical (unpaired) electrons. The highest BCUT2D eigenvalue weighted by Crippen LogP contribution is 2.61. The van der Waals surface area contributed by atoms with Crippen LogP contribution in [0.25, 0.3) is 0 Å². The summed E-state index contributed by atoms with van der Waals surface area (Å²) < 4.78 is 35.0. The number of carbonyl (C=O) groups is 1. The molecule has 1 aliphatic rings. The number of allylic oxidation sites excluding steroid dienone is 6. The van der Waals surface area contributed by atoms with E-state index in [1.54, 1.807) is 13.0 Å². The summed E-state index contributed by atoms with van der Waals surface area (Å²) in [5.74, 6) is 0.258. The second-order valence-electron chi connectivity index (χ2n) is 12.3. The molecule has 11 heteroatoms. The molecule has 0 spiro atoms. The molecule has 0 saturated heterocycles. The summed E-state index contributed by atoms with van der Waals surface area (Å²) in [6, 6.07) is 1.75. The zero-order valence-electron chi connectivity index (χ0n) is 26.7. The molecule has 43 heavy (non-hydrogen) atoms. The molecule has 242 valence electrons. The zero-order valence-corrected chi connectivity index (χ0v) is 28.5. The molecule has 4 N–H and O–H groups in total. The zero-order chi connectivity index (χ0) is 32.6. The van der Waals surface area contributed by atoms with Gasteiger partial charge in [-0.25, -0.2) is 0 Å². The van der Waals surface area contributed by atoms with E-state index in [9.17, 15) is 33.5 Å². The first kappa shape index (κ1) is 37.2. The smallest absolute Gasteiger partial charge is 0.340 e. The first-order valence-corrected chi connectivity index (χ1v) is 18.3. The van der Waals surface area contributed by atoms with Crippen LogP contribution in [0.1, 0.15) is 109 Å². The Morgan fingerprint density at radius 1 is 0.930 bits per heavy atom. The van der Waals surface area contributed by atoms with Gasteiger partial charge in [0.1, 0.15) is 17.1 Å². The van der Waals surface area contributed by atoms with Gasteiger partial charge < -0.3 is 29.0 Å². The average Bonchev–Trinajstić information content (AvgIpc) is 2.86. The van der Waals surface area contributed by atoms with E-state index in [-0.39, 0.29) is 5.60 Å². The summed E-state index contributed by atoms with van der Waals surface area (Å²) >= 11 is 0. The van der Waals surface area contributed by atoms with Gasteiger partial charge in [-0.3, -0.25) is 13.9 Å². The van der Waals surface area contributed by atoms with Gasteiger partial charge in [-0.15, -0.1) is 0 Å². The van der Waals surface area contributed by atoms with Crippen LogP contribution in [0.15, 0.2) is 41.0 Å². The van der Waals surface area contributed by atoms with Crippen molar-refractivity contribution in [1.29, 1.82) is 0 Å². The van der Waals surface area contributed by atoms with Crippen LogP contribution in [0.4, 0.5) is 0 Å². The third kappa shape index (κ3) is 12.1. The van der Waals surface area contributed by atoms with Crippen molar-refractivity contribution < 1.29 is 43.0 Å². The van der Waals surface area contributed by atoms with Crippen LogP contribution >= 0.6 is 15.2 Å². The molecule has 1 heterocycles. The Kier molecular flexibility index (Phi) is 13.7. The van der Waals surface area contributed by atoms with Crippen molar-refractivity contribution in [3.63, 3.8) is 0 Å². The van der Waals surface area contributed by atoms with E-state index in [4.69, 9.17) is 9.47 Å². The molecule has 0 aromatic heterocycles. The predicted molar refractivity (Wildman–Crippen MR) is 171 cm³/mol. The number of esters is 1. The first-order valence-electron chi connectivity index (χ1n) is 14.9. The molecule has 0 amide bonds. The molecule has 0 fully saturated rings. The van der Waals surface area contributed by atoms with Gasteiger partial charge in [0.05, 0.1) is 0 Å². The lowest BCUT2D eigenvalue weighted by atomic mass is 9.86. The van der Waals surface area contributed by atoms with Crippen molar-refractivity contribution in [3.8, 4) is 11.5 Å². The van der Waals surface area contributed by atoms with Gasteiger partial charge in [-0.2, -0.15) is 0 Å². The number of hydrogen-bond donors (Lipinski definition) is 4. The highest BCUT2D eigenvalue weighted by atomic mass is 31.2. The average molecular weight is 641 g/mol. The maximum absolute atomic E-state index is 12.5. The Balaban J connectivity index is 1.97. The minimum absolute atomic E-state index is 0.303. The van der Waals surface area contributed by atoms with Crippen LogP contribution in [0.5, 0.6) is 11.5 Å². The number of ether oxygens (including phenoxy) is 2. The number of benzene rings is 1. The van der Waals surface area contributed by atoms with Crippen LogP contribution in [0, 0.1) is 13.8 Å². The molecule has 0 bridgehead atoms. The Bertz CT molecular complexity index is 1310. The lowest BCUT2D eigenvalue weighted by molar-refractivity contribution is -0.134. The van der Waals surface area contributed by atoms with Gasteiger partial charge in [-0.1, -0.05) is 34.9 Å². The van der Waals surface area contributed by atoms with Crippen LogP contribution in [-0.4, -0.2) is 36.5 Å². The highest BCUT2D eigenvalue weighted by molar-refractivity contribution is 7.70. The second-order valence-corrected chi connectivity index (χ2v) is 16.3. The molecule has 1 aromatic rings. The summed E-state index contributed by atoms with van der Waals surface area (Å²) in [5, 5.41) is -2.24. The molecule has 2 rings (SSSR count). The lowest BCUT2D eigenvalue weighted by Crippen LogP contribution is -2.36. The van der Waals surface area contributed by atoms with Crippen LogP contribution in [-0.2, 0) is 20.3 Å². The molecular formula is C32H50O9P2. The maximum atomic E-state index is 12.5. The third-order valence-corrected chi connectivity index (χ3v) is 11.9. The van der Waals surface area contributed by atoms with E-state index in [2.05, 4.69) is 52.8 Å². The molecule has 1 atom stereocenters. The van der Waals surface area contributed by atoms with E-state index in [1.807, 2.05) is 6.92 Å². The van der Waals surface area contributed by atoms with Gasteiger partial charge in [0.15, 0.2) is 5.40 Å². The Morgan fingerprint density at radius 3 is 2.05 bits per heavy atom. The van der Waals surface area contributed by atoms with Gasteiger partial charge in [0, 0.05) is 6.42 Å². The van der Waals surface area contributed by atoms with Crippen LogP contribution < -0.4 is 9.47 Å². The fourth-order valence-corrected chi connectivity index (χ4v) is 7.65. The number of carbonyl (C=O) groups excluding carboxylic acids is 1. The van der Waals surface area contributed by atoms with Crippen molar-refractivity contribution in [2.45, 2.75) is 124 Å². The summed E-state index contributed by atoms with van der Waals surface area (Å²) in [7, 11) is -10.2. The highest BCUT2D eigenvalue weighted by Gasteiger charge is 2.43. The SMILES string of the molecule is CC(C)=CCC/C(C)=C/CC/C(C)=C/CCC1(C)CCc2cc(OC(=O)CCC(P(=O)(O)O)P(=O)(O)O)c(C)c(C)c2O1. The molecule has 1 unspecified atom stereocenters. The van der Waals surface area contributed by atoms with Gasteiger partial charge in [0.2, 0.25) is 0 Å². The number of hydrogen-bond acceptors (Lipinski definition) is 5. The fraction of sp³-hybridized carbons (Fsp3) is 0.594. The second kappa shape index (κ2) is 15.8. The summed E-state index contributed by atoms with van der Waals surface area (Å²) in [6.45, 7) is 14.5. The van der Waals surface area contributed by atoms with E-state index in [1.165, 1.54) is 16.7 Å². The number of aryl methyl sites for hydroxylation is 1. The lowest BCUT2D eigenvalue weighted by Gasteiger charge is -2.37. The number of fused-ring (bicyclic) bond motifs is 1. The monoisotopic (exact) mass is 640 g/mol. The van der Waals surface area contributed by atoms with Gasteiger partial charge in [-0.05, 0) is 129 Å². The largest absolute Gasteiger partial charge is 0.487 e. The fourth-order valence-electron chi connectivity index (χ4n) is 5.15. The minimum atomic E-state index is -5.11. The van der Waals surface area contributed by atoms with Crippen molar-refractivity contribution in [2.75, 3.05) is 0 Å². The molecule has 0 saturated carbocycles. The Morgan fingerprint density at radius 2 is 1.49 bits per heavy atom. The molecule has 1 aliphatic heterocycles. The van der Waals surface area contributed by atoms with Gasteiger partial charge >= 0.3 is 21.2 Å². The third-order valence-electron chi connectivity index (χ3n) is 8.04. The summed E-state index contributed by atoms with van der Waals surface area (Å²) in [4.78, 5) is 49.6. The normalized spacial score (nSPS) is 17.9. The minimum Gasteiger partial charge on any atom is -0.487 e. The van der Waals surface area contributed by atoms with E-state index in [0.717, 1.165) is 68.2 Å². The van der Waals surface area contributed by atoms with Crippen molar-refractivity contribution in [3.05, 3.63) is 57.7 Å². The standard InChI is InChI=1S/C32H50O9P2/c1-22(2)11-8-12-23(3)13-9-14-24(4)15-10-19-32(7)20-18-27-21-28(25(5)26(6)31(27)41-32)40-29(33)16-17-30(42(34,35)36)43(37,38)39/h11,13,15,21,30H,8-10,12,14,16-20H2,1-7H3,(H2,34,35,36)(H2,37,38,39)/b23-13+,24-15+.